The average molecular weight is 343 g/mol. The van der Waals surface area contributed by atoms with Crippen LogP contribution in [0.15, 0.2) is 32.3 Å². The van der Waals surface area contributed by atoms with E-state index in [0.29, 0.717) is 27.1 Å². The van der Waals surface area contributed by atoms with E-state index in [9.17, 15) is 15.3 Å². The van der Waals surface area contributed by atoms with Gasteiger partial charge in [-0.2, -0.15) is 10.5 Å². The number of nitriles is 2. The van der Waals surface area contributed by atoms with Gasteiger partial charge in [-0.3, -0.25) is 15.1 Å². The topological polar surface area (TPSA) is 114 Å². The predicted octanol–water partition coefficient (Wildman–Crippen LogP) is 1.83. The molecule has 0 atom stereocenters. The minimum atomic E-state index is -0.505. The van der Waals surface area contributed by atoms with Crippen LogP contribution < -0.4 is 11.0 Å². The lowest BCUT2D eigenvalue weighted by molar-refractivity contribution is 0.114. The molecule has 1 aliphatic heterocycles. The molecule has 0 saturated heterocycles. The summed E-state index contributed by atoms with van der Waals surface area (Å²) in [5.41, 5.74) is 2.76. The van der Waals surface area contributed by atoms with Gasteiger partial charge in [-0.25, -0.2) is 4.99 Å². The minimum absolute atomic E-state index is 0.0481. The standard InChI is InChI=1S/C14H9N5O2S2/c15-4-8-12(10-2-1-3-22-10)9(5-16)14(18-13(8)20)23-6-11-17-7-21-19-11/h1-3H,6-7H2,(H,17,19)(H,18,20). The number of aromatic amines is 1. The van der Waals surface area contributed by atoms with Gasteiger partial charge in [0.25, 0.3) is 5.56 Å². The second-order valence-electron chi connectivity index (χ2n) is 4.38. The zero-order valence-corrected chi connectivity index (χ0v) is 13.3. The predicted molar refractivity (Wildman–Crippen MR) is 87.1 cm³/mol. The van der Waals surface area contributed by atoms with Gasteiger partial charge in [0.05, 0.1) is 16.3 Å². The average Bonchev–Trinajstić information content (AvgIpc) is 3.25. The zero-order chi connectivity index (χ0) is 16.2. The monoisotopic (exact) mass is 343 g/mol. The second kappa shape index (κ2) is 6.67. The van der Waals surface area contributed by atoms with E-state index < -0.39 is 5.56 Å². The van der Waals surface area contributed by atoms with E-state index in [1.54, 1.807) is 6.07 Å². The summed E-state index contributed by atoms with van der Waals surface area (Å²) in [7, 11) is 0. The number of nitrogens with one attached hydrogen (secondary N) is 2. The van der Waals surface area contributed by atoms with Gasteiger partial charge >= 0.3 is 0 Å². The summed E-state index contributed by atoms with van der Waals surface area (Å²) in [6, 6.07) is 7.59. The third-order valence-corrected chi connectivity index (χ3v) is 4.94. The highest BCUT2D eigenvalue weighted by molar-refractivity contribution is 8.00. The third-order valence-electron chi connectivity index (χ3n) is 3.04. The van der Waals surface area contributed by atoms with Gasteiger partial charge in [0.1, 0.15) is 23.5 Å². The lowest BCUT2D eigenvalue weighted by Gasteiger charge is -2.09. The van der Waals surface area contributed by atoms with Crippen LogP contribution in [0.2, 0.25) is 0 Å². The van der Waals surface area contributed by atoms with E-state index in [2.05, 4.69) is 21.5 Å². The number of thiophene rings is 1. The Labute approximate surface area is 139 Å². The maximum Gasteiger partial charge on any atom is 0.267 e. The van der Waals surface area contributed by atoms with Crippen LogP contribution in [-0.4, -0.2) is 23.3 Å². The number of thioether (sulfide) groups is 1. The normalized spacial score (nSPS) is 13.0. The number of nitrogens with zero attached hydrogens (tertiary/aromatic N) is 3. The molecule has 9 heteroatoms. The first-order chi connectivity index (χ1) is 11.2. The number of H-pyrrole nitrogens is 1. The second-order valence-corrected chi connectivity index (χ2v) is 6.31. The number of aliphatic imine (C=N–C) groups is 1. The fourth-order valence-electron chi connectivity index (χ4n) is 2.04. The molecule has 1 aliphatic rings. The van der Waals surface area contributed by atoms with E-state index in [0.717, 1.165) is 0 Å². The molecule has 2 N–H and O–H groups in total. The van der Waals surface area contributed by atoms with E-state index in [4.69, 9.17) is 4.84 Å². The molecule has 2 aromatic heterocycles. The summed E-state index contributed by atoms with van der Waals surface area (Å²) in [5.74, 6) is 1.04. The summed E-state index contributed by atoms with van der Waals surface area (Å²) in [6.07, 6.45) is 0. The van der Waals surface area contributed by atoms with Gasteiger partial charge < -0.3 is 4.98 Å². The Hall–Kier alpha value is -2.59. The van der Waals surface area contributed by atoms with Crippen LogP contribution in [-0.2, 0) is 4.84 Å². The summed E-state index contributed by atoms with van der Waals surface area (Å²) in [6.45, 7) is 0.241. The minimum Gasteiger partial charge on any atom is -0.315 e. The molecule has 2 aromatic rings. The van der Waals surface area contributed by atoms with Crippen LogP contribution in [0.4, 0.5) is 0 Å². The van der Waals surface area contributed by atoms with Crippen molar-refractivity contribution in [2.75, 3.05) is 12.5 Å². The number of hydrogen-bond donors (Lipinski definition) is 2. The van der Waals surface area contributed by atoms with Gasteiger partial charge in [0.2, 0.25) is 0 Å². The summed E-state index contributed by atoms with van der Waals surface area (Å²) in [4.78, 5) is 24.5. The van der Waals surface area contributed by atoms with Gasteiger partial charge in [-0.1, -0.05) is 17.8 Å². The Bertz CT molecular complexity index is 903. The number of pyridine rings is 1. The van der Waals surface area contributed by atoms with Gasteiger partial charge in [0, 0.05) is 10.4 Å². The highest BCUT2D eigenvalue weighted by Crippen LogP contribution is 2.33. The molecule has 0 unspecified atom stereocenters. The fraction of sp³-hybridized carbons (Fsp3) is 0.143. The number of hydrogen-bond acceptors (Lipinski definition) is 8. The highest BCUT2D eigenvalue weighted by atomic mass is 32.2. The van der Waals surface area contributed by atoms with Crippen LogP contribution >= 0.6 is 23.1 Å². The van der Waals surface area contributed by atoms with Gasteiger partial charge in [0.15, 0.2) is 6.73 Å². The number of amidine groups is 1. The van der Waals surface area contributed by atoms with Crippen molar-refractivity contribution < 1.29 is 4.84 Å². The lowest BCUT2D eigenvalue weighted by Crippen LogP contribution is -2.20. The SMILES string of the molecule is N#Cc1c(SCC2=NCON2)[nH]c(=O)c(C#N)c1-c1cccs1. The number of rotatable bonds is 4. The molecular formula is C14H9N5O2S2. The van der Waals surface area contributed by atoms with Crippen molar-refractivity contribution >= 4 is 28.9 Å². The highest BCUT2D eigenvalue weighted by Gasteiger charge is 2.20. The van der Waals surface area contributed by atoms with Crippen LogP contribution in [0.5, 0.6) is 0 Å². The van der Waals surface area contributed by atoms with Crippen LogP contribution in [0.25, 0.3) is 10.4 Å². The van der Waals surface area contributed by atoms with Gasteiger partial charge in [-0.15, -0.1) is 11.3 Å². The molecule has 23 heavy (non-hydrogen) atoms. The third kappa shape index (κ3) is 2.98. The number of aromatic nitrogens is 1. The van der Waals surface area contributed by atoms with Crippen LogP contribution in [0.3, 0.4) is 0 Å². The molecule has 114 valence electrons. The molecule has 0 saturated carbocycles. The molecule has 3 heterocycles. The Morgan fingerprint density at radius 2 is 2.22 bits per heavy atom. The summed E-state index contributed by atoms with van der Waals surface area (Å²) in [5, 5.41) is 21.1. The molecule has 0 amide bonds. The largest absolute Gasteiger partial charge is 0.315 e. The Kier molecular flexibility index (Phi) is 4.44. The maximum atomic E-state index is 12.2. The smallest absolute Gasteiger partial charge is 0.267 e. The lowest BCUT2D eigenvalue weighted by atomic mass is 10.0. The first-order valence-electron chi connectivity index (χ1n) is 6.43. The van der Waals surface area contributed by atoms with Crippen LogP contribution in [0, 0.1) is 22.7 Å². The van der Waals surface area contributed by atoms with E-state index in [1.807, 2.05) is 17.5 Å². The van der Waals surface area contributed by atoms with E-state index >= 15 is 0 Å². The van der Waals surface area contributed by atoms with E-state index in [-0.39, 0.29) is 17.9 Å². The van der Waals surface area contributed by atoms with Gasteiger partial charge in [-0.05, 0) is 11.4 Å². The Morgan fingerprint density at radius 3 is 2.83 bits per heavy atom. The Morgan fingerprint density at radius 1 is 1.39 bits per heavy atom. The fourth-order valence-corrected chi connectivity index (χ4v) is 3.71. The first-order valence-corrected chi connectivity index (χ1v) is 8.29. The maximum absolute atomic E-state index is 12.2. The Balaban J connectivity index is 2.09. The molecule has 0 fully saturated rings. The molecular weight excluding hydrogens is 334 g/mol. The van der Waals surface area contributed by atoms with E-state index in [1.165, 1.54) is 23.1 Å². The molecule has 0 radical (unpaired) electrons. The molecule has 0 aromatic carbocycles. The van der Waals surface area contributed by atoms with Crippen LogP contribution in [0.1, 0.15) is 11.1 Å². The summed E-state index contributed by atoms with van der Waals surface area (Å²) >= 11 is 2.63. The summed E-state index contributed by atoms with van der Waals surface area (Å²) < 4.78 is 0. The number of hydroxylamine groups is 1. The molecule has 3 rings (SSSR count). The molecule has 0 spiro atoms. The van der Waals surface area contributed by atoms with Crippen molar-refractivity contribution in [1.82, 2.24) is 10.5 Å². The first kappa shape index (κ1) is 15.3. The van der Waals surface area contributed by atoms with Crippen molar-refractivity contribution in [3.63, 3.8) is 0 Å². The van der Waals surface area contributed by atoms with Crippen molar-refractivity contribution in [2.45, 2.75) is 5.03 Å². The quantitative estimate of drug-likeness (QED) is 0.819. The molecule has 0 bridgehead atoms. The molecule has 0 aliphatic carbocycles. The van der Waals surface area contributed by atoms with Crippen molar-refractivity contribution in [3.05, 3.63) is 39.0 Å². The van der Waals surface area contributed by atoms with Crippen molar-refractivity contribution in [3.8, 4) is 22.6 Å². The van der Waals surface area contributed by atoms with Crippen molar-refractivity contribution in [1.29, 1.82) is 10.5 Å². The molecule has 7 nitrogen and oxygen atoms in total. The van der Waals surface area contributed by atoms with Crippen molar-refractivity contribution in [2.24, 2.45) is 4.99 Å². The zero-order valence-electron chi connectivity index (χ0n) is 11.6.